The minimum absolute atomic E-state index is 0.168. The molecule has 0 aliphatic rings. The molecule has 0 fully saturated rings. The first-order valence-corrected chi connectivity index (χ1v) is 7.78. The van der Waals surface area contributed by atoms with E-state index in [4.69, 9.17) is 0 Å². The van der Waals surface area contributed by atoms with E-state index in [1.165, 1.54) is 0 Å². The number of aldehydes is 1. The highest BCUT2D eigenvalue weighted by atomic mass is 16.3. The van der Waals surface area contributed by atoms with Crippen LogP contribution in [0.5, 0.6) is 5.75 Å². The van der Waals surface area contributed by atoms with Crippen molar-refractivity contribution in [1.82, 2.24) is 0 Å². The number of hydrogen-bond donors (Lipinski definition) is 1. The monoisotopic (exact) mass is 290 g/mol. The first kappa shape index (κ1) is 17.7. The summed E-state index contributed by atoms with van der Waals surface area (Å²) in [5.41, 5.74) is 2.58. The van der Waals surface area contributed by atoms with Gasteiger partial charge in [0.2, 0.25) is 0 Å². The first-order chi connectivity index (χ1) is 9.46. The Kier molecular flexibility index (Phi) is 5.25. The number of aromatic hydroxyl groups is 1. The van der Waals surface area contributed by atoms with E-state index in [1.807, 2.05) is 26.8 Å². The SMILES string of the molecule is CC(CCc1cc(O)c(C(C)(C)C)cc1C=O)C(C)(C)C. The fourth-order valence-corrected chi connectivity index (χ4v) is 2.38. The van der Waals surface area contributed by atoms with Crippen molar-refractivity contribution in [2.45, 2.75) is 66.7 Å². The van der Waals surface area contributed by atoms with Gasteiger partial charge in [-0.05, 0) is 52.8 Å². The van der Waals surface area contributed by atoms with Gasteiger partial charge in [0.15, 0.2) is 0 Å². The van der Waals surface area contributed by atoms with Crippen LogP contribution in [0.15, 0.2) is 12.1 Å². The number of hydrogen-bond acceptors (Lipinski definition) is 2. The van der Waals surface area contributed by atoms with Gasteiger partial charge in [-0.3, -0.25) is 4.79 Å². The second-order valence-corrected chi connectivity index (χ2v) is 8.24. The normalized spacial score (nSPS) is 14.0. The quantitative estimate of drug-likeness (QED) is 0.782. The van der Waals surface area contributed by atoms with Crippen molar-refractivity contribution in [1.29, 1.82) is 0 Å². The molecular formula is C19H30O2. The molecule has 0 aliphatic carbocycles. The van der Waals surface area contributed by atoms with Crippen molar-refractivity contribution in [2.24, 2.45) is 11.3 Å². The highest BCUT2D eigenvalue weighted by molar-refractivity contribution is 5.78. The zero-order chi connectivity index (χ0) is 16.4. The maximum atomic E-state index is 11.4. The van der Waals surface area contributed by atoms with Gasteiger partial charge in [0, 0.05) is 5.56 Å². The summed E-state index contributed by atoms with van der Waals surface area (Å²) in [6, 6.07) is 3.62. The molecule has 0 aromatic heterocycles. The minimum Gasteiger partial charge on any atom is -0.508 e. The van der Waals surface area contributed by atoms with Gasteiger partial charge in [-0.25, -0.2) is 0 Å². The van der Waals surface area contributed by atoms with Crippen molar-refractivity contribution in [2.75, 3.05) is 0 Å². The zero-order valence-corrected chi connectivity index (χ0v) is 14.6. The molecule has 118 valence electrons. The van der Waals surface area contributed by atoms with E-state index >= 15 is 0 Å². The zero-order valence-electron chi connectivity index (χ0n) is 14.6. The molecule has 1 unspecified atom stereocenters. The third-order valence-electron chi connectivity index (χ3n) is 4.52. The smallest absolute Gasteiger partial charge is 0.150 e. The van der Waals surface area contributed by atoms with E-state index in [-0.39, 0.29) is 10.8 Å². The van der Waals surface area contributed by atoms with E-state index in [9.17, 15) is 9.90 Å². The Morgan fingerprint density at radius 3 is 2.14 bits per heavy atom. The predicted molar refractivity (Wildman–Crippen MR) is 89.1 cm³/mol. The number of aryl methyl sites for hydroxylation is 1. The summed E-state index contributed by atoms with van der Waals surface area (Å²) in [7, 11) is 0. The van der Waals surface area contributed by atoms with Crippen molar-refractivity contribution >= 4 is 6.29 Å². The summed E-state index contributed by atoms with van der Waals surface area (Å²) in [5.74, 6) is 0.855. The largest absolute Gasteiger partial charge is 0.508 e. The Morgan fingerprint density at radius 2 is 1.71 bits per heavy atom. The van der Waals surface area contributed by atoms with Crippen LogP contribution in [0.25, 0.3) is 0 Å². The number of phenolic OH excluding ortho intramolecular Hbond substituents is 1. The van der Waals surface area contributed by atoms with Gasteiger partial charge in [0.1, 0.15) is 12.0 Å². The number of carbonyl (C=O) groups is 1. The highest BCUT2D eigenvalue weighted by Gasteiger charge is 2.22. The van der Waals surface area contributed by atoms with Gasteiger partial charge in [-0.15, -0.1) is 0 Å². The molecule has 1 N–H and O–H groups in total. The Balaban J connectivity index is 3.04. The summed E-state index contributed by atoms with van der Waals surface area (Å²) < 4.78 is 0. The van der Waals surface area contributed by atoms with Crippen molar-refractivity contribution in [3.8, 4) is 5.75 Å². The molecule has 0 amide bonds. The molecule has 2 heteroatoms. The lowest BCUT2D eigenvalue weighted by molar-refractivity contribution is 0.112. The van der Waals surface area contributed by atoms with E-state index in [0.717, 1.165) is 30.3 Å². The lowest BCUT2D eigenvalue weighted by Gasteiger charge is -2.27. The fraction of sp³-hybridized carbons (Fsp3) is 0.632. The van der Waals surface area contributed by atoms with Crippen LogP contribution in [0, 0.1) is 11.3 Å². The predicted octanol–water partition coefficient (Wildman–Crippen LogP) is 5.12. The van der Waals surface area contributed by atoms with E-state index in [1.54, 1.807) is 6.07 Å². The van der Waals surface area contributed by atoms with Crippen LogP contribution >= 0.6 is 0 Å². The maximum Gasteiger partial charge on any atom is 0.150 e. The molecule has 1 atom stereocenters. The second-order valence-electron chi connectivity index (χ2n) is 8.24. The van der Waals surface area contributed by atoms with E-state index in [0.29, 0.717) is 17.2 Å². The molecule has 0 heterocycles. The van der Waals surface area contributed by atoms with Crippen LogP contribution in [0.3, 0.4) is 0 Å². The van der Waals surface area contributed by atoms with Crippen LogP contribution in [0.4, 0.5) is 0 Å². The molecule has 0 bridgehead atoms. The molecule has 0 radical (unpaired) electrons. The second kappa shape index (κ2) is 6.21. The van der Waals surface area contributed by atoms with Gasteiger partial charge in [-0.2, -0.15) is 0 Å². The fourth-order valence-electron chi connectivity index (χ4n) is 2.38. The van der Waals surface area contributed by atoms with Gasteiger partial charge in [-0.1, -0.05) is 48.5 Å². The molecule has 1 aromatic rings. The van der Waals surface area contributed by atoms with Crippen LogP contribution in [-0.4, -0.2) is 11.4 Å². The molecule has 0 spiro atoms. The molecule has 21 heavy (non-hydrogen) atoms. The first-order valence-electron chi connectivity index (χ1n) is 7.78. The lowest BCUT2D eigenvalue weighted by atomic mass is 9.78. The van der Waals surface area contributed by atoms with Gasteiger partial charge < -0.3 is 5.11 Å². The third kappa shape index (κ3) is 4.59. The molecule has 0 saturated heterocycles. The van der Waals surface area contributed by atoms with E-state index in [2.05, 4.69) is 27.7 Å². The van der Waals surface area contributed by atoms with Crippen molar-refractivity contribution in [3.63, 3.8) is 0 Å². The average molecular weight is 290 g/mol. The molecule has 0 aliphatic heterocycles. The molecule has 2 nitrogen and oxygen atoms in total. The Labute approximate surface area is 129 Å². The van der Waals surface area contributed by atoms with E-state index < -0.39 is 0 Å². The Bertz CT molecular complexity index is 502. The highest BCUT2D eigenvalue weighted by Crippen LogP contribution is 2.34. The number of benzene rings is 1. The summed E-state index contributed by atoms with van der Waals surface area (Å²) in [6.45, 7) is 15.1. The maximum absolute atomic E-state index is 11.4. The molecule has 1 rings (SSSR count). The van der Waals surface area contributed by atoms with Gasteiger partial charge in [0.25, 0.3) is 0 Å². The van der Waals surface area contributed by atoms with Gasteiger partial charge >= 0.3 is 0 Å². The Morgan fingerprint density at radius 1 is 1.14 bits per heavy atom. The molecule has 0 saturated carbocycles. The number of rotatable bonds is 4. The summed E-state index contributed by atoms with van der Waals surface area (Å²) in [6.07, 6.45) is 2.74. The lowest BCUT2D eigenvalue weighted by Crippen LogP contribution is -2.18. The minimum atomic E-state index is -0.168. The Hall–Kier alpha value is -1.31. The van der Waals surface area contributed by atoms with Crippen molar-refractivity contribution in [3.05, 3.63) is 28.8 Å². The average Bonchev–Trinajstić information content (AvgIpc) is 2.33. The summed E-state index contributed by atoms with van der Waals surface area (Å²) in [4.78, 5) is 11.4. The number of carbonyl (C=O) groups excluding carboxylic acids is 1. The summed E-state index contributed by atoms with van der Waals surface area (Å²) in [5, 5.41) is 10.3. The molecular weight excluding hydrogens is 260 g/mol. The van der Waals surface area contributed by atoms with Crippen LogP contribution < -0.4 is 0 Å². The standard InChI is InChI=1S/C19H30O2/c1-13(18(2,3)4)8-9-14-11-17(21)16(19(5,6)7)10-15(14)12-20/h10-13,21H,8-9H2,1-7H3. The van der Waals surface area contributed by atoms with Crippen molar-refractivity contribution < 1.29 is 9.90 Å². The van der Waals surface area contributed by atoms with Gasteiger partial charge in [0.05, 0.1) is 0 Å². The summed E-state index contributed by atoms with van der Waals surface area (Å²) >= 11 is 0. The molecule has 1 aromatic carbocycles. The topological polar surface area (TPSA) is 37.3 Å². The van der Waals surface area contributed by atoms with Crippen LogP contribution in [0.2, 0.25) is 0 Å². The third-order valence-corrected chi connectivity index (χ3v) is 4.52. The number of phenols is 1. The van der Waals surface area contributed by atoms with Crippen LogP contribution in [-0.2, 0) is 11.8 Å². The van der Waals surface area contributed by atoms with Crippen LogP contribution in [0.1, 0.15) is 76.4 Å².